The molecule has 0 aromatic rings. The van der Waals surface area contributed by atoms with E-state index in [4.69, 9.17) is 17.1 Å². The second-order valence-electron chi connectivity index (χ2n) is 6.19. The maximum absolute atomic E-state index is 13.5. The zero-order chi connectivity index (χ0) is 16.6. The number of aliphatic hydroxyl groups is 2. The molecule has 9 heteroatoms. The van der Waals surface area contributed by atoms with Crippen LogP contribution in [0.3, 0.4) is 0 Å². The fourth-order valence-corrected chi connectivity index (χ4v) is 3.03. The Morgan fingerprint density at radius 2 is 1.95 bits per heavy atom. The highest BCUT2D eigenvalue weighted by Crippen LogP contribution is 2.57. The predicted octanol–water partition coefficient (Wildman–Crippen LogP) is 1.07. The molecule has 1 rings (SSSR count). The van der Waals surface area contributed by atoms with Gasteiger partial charge in [0.2, 0.25) is 0 Å². The lowest BCUT2D eigenvalue weighted by molar-refractivity contribution is -0.0421. The van der Waals surface area contributed by atoms with Crippen molar-refractivity contribution in [3.05, 3.63) is 0 Å². The largest absolute Gasteiger partial charge is 0.387 e. The molecule has 1 aliphatic rings. The zero-order valence-electron chi connectivity index (χ0n) is 12.7. The minimum atomic E-state index is -4.33. The van der Waals surface area contributed by atoms with Gasteiger partial charge < -0.3 is 24.4 Å². The normalized spacial score (nSPS) is 36.2. The molecule has 0 aromatic carbocycles. The highest BCUT2D eigenvalue weighted by atomic mass is 31.2. The number of ether oxygens (including phenoxy) is 1. The van der Waals surface area contributed by atoms with Crippen molar-refractivity contribution >= 4 is 15.4 Å². The molecule has 0 bridgehead atoms. The van der Waals surface area contributed by atoms with Crippen LogP contribution >= 0.6 is 7.60 Å². The van der Waals surface area contributed by atoms with Gasteiger partial charge in [-0.15, -0.1) is 0 Å². The minimum absolute atomic E-state index is 0.0284. The summed E-state index contributed by atoms with van der Waals surface area (Å²) in [6, 6.07) is -1.23. The van der Waals surface area contributed by atoms with Crippen molar-refractivity contribution in [2.75, 3.05) is 0 Å². The maximum Gasteiger partial charge on any atom is 0.359 e. The average Bonchev–Trinajstić information content (AvgIpc) is 2.55. The van der Waals surface area contributed by atoms with Crippen LogP contribution < -0.4 is 0 Å². The molecule has 0 saturated carbocycles. The van der Waals surface area contributed by atoms with E-state index < -0.39 is 42.9 Å². The molecule has 21 heavy (non-hydrogen) atoms. The van der Waals surface area contributed by atoms with Gasteiger partial charge in [-0.2, -0.15) is 0 Å². The van der Waals surface area contributed by atoms with Crippen molar-refractivity contribution in [2.45, 2.75) is 75.9 Å². The van der Waals surface area contributed by atoms with Crippen molar-refractivity contribution in [1.82, 2.24) is 0 Å². The molecule has 1 saturated heterocycles. The Morgan fingerprint density at radius 3 is 2.29 bits per heavy atom. The third-order valence-electron chi connectivity index (χ3n) is 3.77. The standard InChI is InChI=1S/C12H23BFO6P/c1-5-12(4,20-21(17,18)11(2,3)16)6-7-9(15)8(14)10(13)19-7/h7-10,15-16H,5-6H2,1-4H3,(H,17,18)/t7-,8-,9-,10-,12?/m1/s1. The Hall–Kier alpha value is 0.0249. The van der Waals surface area contributed by atoms with E-state index in [1.807, 2.05) is 0 Å². The summed E-state index contributed by atoms with van der Waals surface area (Å²) in [5.74, 6) is 0. The van der Waals surface area contributed by atoms with Gasteiger partial charge in [-0.3, -0.25) is 4.57 Å². The minimum Gasteiger partial charge on any atom is -0.387 e. The Morgan fingerprint density at radius 1 is 1.43 bits per heavy atom. The summed E-state index contributed by atoms with van der Waals surface area (Å²) >= 11 is 0. The molecular formula is C12H23BFO6P. The summed E-state index contributed by atoms with van der Waals surface area (Å²) in [6.07, 6.45) is -3.81. The molecule has 122 valence electrons. The van der Waals surface area contributed by atoms with Crippen LogP contribution in [0.1, 0.15) is 40.5 Å². The number of hydrogen-bond donors (Lipinski definition) is 3. The molecule has 1 fully saturated rings. The van der Waals surface area contributed by atoms with E-state index in [-0.39, 0.29) is 6.42 Å². The van der Waals surface area contributed by atoms with Gasteiger partial charge >= 0.3 is 7.60 Å². The molecule has 1 aliphatic heterocycles. The molecule has 0 aliphatic carbocycles. The third kappa shape index (κ3) is 4.27. The molecule has 0 amide bonds. The quantitative estimate of drug-likeness (QED) is 0.500. The van der Waals surface area contributed by atoms with E-state index in [2.05, 4.69) is 0 Å². The van der Waals surface area contributed by atoms with Gasteiger partial charge in [0.25, 0.3) is 0 Å². The van der Waals surface area contributed by atoms with Crippen LogP contribution in [0.5, 0.6) is 0 Å². The Kier molecular flexibility index (Phi) is 5.69. The van der Waals surface area contributed by atoms with E-state index in [1.54, 1.807) is 6.92 Å². The Labute approximate surface area is 125 Å². The van der Waals surface area contributed by atoms with Gasteiger partial charge in [0.15, 0.2) is 5.34 Å². The second-order valence-corrected chi connectivity index (χ2v) is 8.51. The van der Waals surface area contributed by atoms with Gasteiger partial charge in [0.05, 0.1) is 17.7 Å². The molecule has 3 N–H and O–H groups in total. The van der Waals surface area contributed by atoms with E-state index in [1.165, 1.54) is 6.92 Å². The monoisotopic (exact) mass is 324 g/mol. The lowest BCUT2D eigenvalue weighted by Crippen LogP contribution is -2.39. The van der Waals surface area contributed by atoms with Crippen molar-refractivity contribution in [2.24, 2.45) is 0 Å². The summed E-state index contributed by atoms with van der Waals surface area (Å²) in [5, 5.41) is 17.5. The van der Waals surface area contributed by atoms with Crippen molar-refractivity contribution in [1.29, 1.82) is 0 Å². The summed E-state index contributed by atoms with van der Waals surface area (Å²) in [6.45, 7) is 5.57. The van der Waals surface area contributed by atoms with Crippen LogP contribution in [-0.4, -0.2) is 58.3 Å². The van der Waals surface area contributed by atoms with E-state index >= 15 is 0 Å². The van der Waals surface area contributed by atoms with Crippen molar-refractivity contribution in [3.8, 4) is 0 Å². The summed E-state index contributed by atoms with van der Waals surface area (Å²) < 4.78 is 35.9. The molecule has 0 aromatic heterocycles. The van der Waals surface area contributed by atoms with Crippen molar-refractivity contribution in [3.63, 3.8) is 0 Å². The first-order chi connectivity index (χ1) is 9.33. The van der Waals surface area contributed by atoms with Crippen LogP contribution in [0.4, 0.5) is 4.39 Å². The zero-order valence-corrected chi connectivity index (χ0v) is 13.6. The van der Waals surface area contributed by atoms with Gasteiger partial charge in [0.1, 0.15) is 20.1 Å². The molecule has 2 unspecified atom stereocenters. The Balaban J connectivity index is 2.85. The Bertz CT molecular complexity index is 417. The molecule has 2 radical (unpaired) electrons. The van der Waals surface area contributed by atoms with Gasteiger partial charge in [-0.25, -0.2) is 4.39 Å². The first-order valence-electron chi connectivity index (χ1n) is 6.82. The third-order valence-corrected chi connectivity index (χ3v) is 5.84. The predicted molar refractivity (Wildman–Crippen MR) is 75.8 cm³/mol. The topological polar surface area (TPSA) is 96.2 Å². The number of halogens is 1. The lowest BCUT2D eigenvalue weighted by atomic mass is 9.90. The average molecular weight is 324 g/mol. The highest BCUT2D eigenvalue weighted by molar-refractivity contribution is 7.54. The second kappa shape index (κ2) is 6.26. The summed E-state index contributed by atoms with van der Waals surface area (Å²) in [7, 11) is 1.05. The van der Waals surface area contributed by atoms with Gasteiger partial charge in [-0.05, 0) is 27.2 Å². The SMILES string of the molecule is [B][C@@H]1O[C@H](CC(C)(CC)OP(=O)(O)C(C)(C)O)[C@@H](O)[C@H]1F. The van der Waals surface area contributed by atoms with E-state index in [0.29, 0.717) is 6.42 Å². The number of hydrogen-bond acceptors (Lipinski definition) is 5. The van der Waals surface area contributed by atoms with Crippen LogP contribution in [0.2, 0.25) is 0 Å². The fraction of sp³-hybridized carbons (Fsp3) is 1.00. The van der Waals surface area contributed by atoms with Crippen molar-refractivity contribution < 1.29 is 33.3 Å². The molecule has 6 nitrogen and oxygen atoms in total. The highest BCUT2D eigenvalue weighted by Gasteiger charge is 2.48. The molecule has 0 spiro atoms. The summed E-state index contributed by atoms with van der Waals surface area (Å²) in [4.78, 5) is 9.84. The summed E-state index contributed by atoms with van der Waals surface area (Å²) in [5.41, 5.74) is -1.18. The van der Waals surface area contributed by atoms with Crippen LogP contribution in [0.25, 0.3) is 0 Å². The van der Waals surface area contributed by atoms with E-state index in [0.717, 1.165) is 13.8 Å². The first kappa shape index (κ1) is 19.1. The number of aliphatic hydroxyl groups excluding tert-OH is 1. The fourth-order valence-electron chi connectivity index (χ4n) is 2.01. The van der Waals surface area contributed by atoms with Gasteiger partial charge in [0, 0.05) is 6.42 Å². The maximum atomic E-state index is 13.5. The van der Waals surface area contributed by atoms with Crippen LogP contribution in [0, 0.1) is 0 Å². The molecule has 1 heterocycles. The van der Waals surface area contributed by atoms with Crippen LogP contribution in [-0.2, 0) is 13.8 Å². The lowest BCUT2D eigenvalue weighted by Gasteiger charge is -2.36. The first-order valence-corrected chi connectivity index (χ1v) is 8.40. The van der Waals surface area contributed by atoms with E-state index in [9.17, 15) is 24.1 Å². The molecule has 6 atom stereocenters. The smallest absolute Gasteiger partial charge is 0.359 e. The number of rotatable bonds is 6. The van der Waals surface area contributed by atoms with Gasteiger partial charge in [-0.1, -0.05) is 6.92 Å². The number of alkyl halides is 1. The molecular weight excluding hydrogens is 301 g/mol. The van der Waals surface area contributed by atoms with Crippen LogP contribution in [0.15, 0.2) is 0 Å².